The smallest absolute Gasteiger partial charge is 0.271 e. The quantitative estimate of drug-likeness (QED) is 0.226. The number of hydrazone groups is 1. The van der Waals surface area contributed by atoms with E-state index in [1.54, 1.807) is 0 Å². The number of nitrogens with zero attached hydrogens (tertiary/aromatic N) is 1. The van der Waals surface area contributed by atoms with Gasteiger partial charge in [-0.15, -0.1) is 0 Å². The van der Waals surface area contributed by atoms with Crippen molar-refractivity contribution in [3.63, 3.8) is 0 Å². The minimum Gasteiger partial charge on any atom is -0.489 e. The Morgan fingerprint density at radius 2 is 1.53 bits per heavy atom. The Hall–Kier alpha value is -4.14. The van der Waals surface area contributed by atoms with Gasteiger partial charge in [0, 0.05) is 16.3 Å². The van der Waals surface area contributed by atoms with E-state index in [2.05, 4.69) is 15.2 Å². The third-order valence-corrected chi connectivity index (χ3v) is 6.68. The van der Waals surface area contributed by atoms with Gasteiger partial charge in [0.05, 0.1) is 11.1 Å². The molecule has 0 aliphatic rings. The fourth-order valence-electron chi connectivity index (χ4n) is 3.14. The number of ether oxygens (including phenoxy) is 1. The van der Waals surface area contributed by atoms with E-state index in [1.165, 1.54) is 54.7 Å². The minimum absolute atomic E-state index is 0.0823. The second-order valence-electron chi connectivity index (χ2n) is 7.68. The molecule has 4 aromatic rings. The summed E-state index contributed by atoms with van der Waals surface area (Å²) < 4.78 is 33.2. The largest absolute Gasteiger partial charge is 0.489 e. The monoisotopic (exact) mass is 519 g/mol. The van der Waals surface area contributed by atoms with Crippen LogP contribution in [0, 0.1) is 0 Å². The summed E-state index contributed by atoms with van der Waals surface area (Å²) in [6, 6.07) is 29.0. The van der Waals surface area contributed by atoms with E-state index in [1.807, 2.05) is 54.6 Å². The summed E-state index contributed by atoms with van der Waals surface area (Å²) in [6.45, 7) is 0.478. The van der Waals surface area contributed by atoms with Gasteiger partial charge in [0.2, 0.25) is 0 Å². The van der Waals surface area contributed by atoms with Gasteiger partial charge >= 0.3 is 0 Å². The highest BCUT2D eigenvalue weighted by Gasteiger charge is 2.14. The van der Waals surface area contributed by atoms with Gasteiger partial charge in [-0.05, 0) is 83.9 Å². The van der Waals surface area contributed by atoms with Crippen molar-refractivity contribution in [2.45, 2.75) is 11.5 Å². The van der Waals surface area contributed by atoms with Crippen molar-refractivity contribution >= 4 is 39.4 Å². The number of rotatable bonds is 9. The number of halogens is 1. The van der Waals surface area contributed by atoms with E-state index < -0.39 is 15.9 Å². The normalized spacial score (nSPS) is 11.2. The summed E-state index contributed by atoms with van der Waals surface area (Å²) in [5.41, 5.74) is 4.97. The molecule has 182 valence electrons. The summed E-state index contributed by atoms with van der Waals surface area (Å²) in [7, 11) is -3.77. The van der Waals surface area contributed by atoms with Crippen molar-refractivity contribution in [1.29, 1.82) is 0 Å². The zero-order valence-corrected chi connectivity index (χ0v) is 20.5. The Kier molecular flexibility index (Phi) is 7.99. The van der Waals surface area contributed by atoms with E-state index in [9.17, 15) is 13.2 Å². The molecule has 4 aromatic carbocycles. The van der Waals surface area contributed by atoms with Crippen LogP contribution in [0.1, 0.15) is 21.5 Å². The van der Waals surface area contributed by atoms with E-state index in [4.69, 9.17) is 16.3 Å². The lowest BCUT2D eigenvalue weighted by atomic mass is 10.2. The van der Waals surface area contributed by atoms with Gasteiger partial charge in [-0.1, -0.05) is 41.9 Å². The van der Waals surface area contributed by atoms with E-state index in [-0.39, 0.29) is 4.90 Å². The Balaban J connectivity index is 1.28. The van der Waals surface area contributed by atoms with Crippen molar-refractivity contribution in [3.8, 4) is 5.75 Å². The molecule has 0 heterocycles. The first-order valence-corrected chi connectivity index (χ1v) is 12.7. The zero-order chi connectivity index (χ0) is 25.4. The number of carbonyl (C=O) groups is 1. The maximum absolute atomic E-state index is 12.5. The minimum atomic E-state index is -3.77. The van der Waals surface area contributed by atoms with Crippen LogP contribution in [0.4, 0.5) is 5.69 Å². The number of nitrogens with one attached hydrogen (secondary N) is 2. The molecule has 36 heavy (non-hydrogen) atoms. The van der Waals surface area contributed by atoms with Crippen LogP contribution in [0.15, 0.2) is 113 Å². The number of carbonyl (C=O) groups excluding carboxylic acids is 1. The average molecular weight is 520 g/mol. The number of hydrogen-bond donors (Lipinski definition) is 2. The lowest BCUT2D eigenvalue weighted by Gasteiger charge is -2.09. The molecule has 0 spiro atoms. The highest BCUT2D eigenvalue weighted by atomic mass is 35.5. The van der Waals surface area contributed by atoms with Crippen LogP contribution in [-0.2, 0) is 16.6 Å². The standard InChI is InChI=1S/C27H22ClN3O4S/c28-23-10-16-26(17-11-23)36(33,34)31-24-12-8-22(9-13-24)27(32)30-29-18-20-6-14-25(15-7-20)35-19-21-4-2-1-3-5-21/h1-18,31H,19H2,(H,30,32)/b29-18-. The number of benzene rings is 4. The molecule has 0 aliphatic heterocycles. The number of anilines is 1. The third-order valence-electron chi connectivity index (χ3n) is 5.03. The van der Waals surface area contributed by atoms with Crippen molar-refractivity contribution in [2.24, 2.45) is 5.10 Å². The van der Waals surface area contributed by atoms with Gasteiger partial charge in [-0.3, -0.25) is 9.52 Å². The molecule has 4 rings (SSSR count). The Bertz CT molecular complexity index is 1440. The second-order valence-corrected chi connectivity index (χ2v) is 9.80. The molecule has 0 radical (unpaired) electrons. The van der Waals surface area contributed by atoms with Crippen molar-refractivity contribution in [3.05, 3.63) is 125 Å². The molecule has 0 bridgehead atoms. The van der Waals surface area contributed by atoms with Crippen LogP contribution >= 0.6 is 11.6 Å². The van der Waals surface area contributed by atoms with Crippen LogP contribution in [-0.4, -0.2) is 20.5 Å². The predicted molar refractivity (Wildman–Crippen MR) is 141 cm³/mol. The van der Waals surface area contributed by atoms with Gasteiger partial charge in [0.15, 0.2) is 0 Å². The van der Waals surface area contributed by atoms with Gasteiger partial charge in [0.25, 0.3) is 15.9 Å². The van der Waals surface area contributed by atoms with E-state index >= 15 is 0 Å². The van der Waals surface area contributed by atoms with Crippen molar-refractivity contribution < 1.29 is 17.9 Å². The van der Waals surface area contributed by atoms with Crippen LogP contribution in [0.5, 0.6) is 5.75 Å². The zero-order valence-electron chi connectivity index (χ0n) is 19.0. The first-order chi connectivity index (χ1) is 17.4. The van der Waals surface area contributed by atoms with Gasteiger partial charge in [-0.25, -0.2) is 13.8 Å². The van der Waals surface area contributed by atoms with Gasteiger partial charge in [-0.2, -0.15) is 5.10 Å². The molecule has 0 saturated heterocycles. The predicted octanol–water partition coefficient (Wildman–Crippen LogP) is 5.48. The van der Waals surface area contributed by atoms with Crippen LogP contribution in [0.2, 0.25) is 5.02 Å². The Labute approximate surface area is 214 Å². The Morgan fingerprint density at radius 1 is 0.861 bits per heavy atom. The molecule has 0 aliphatic carbocycles. The maximum Gasteiger partial charge on any atom is 0.271 e. The Morgan fingerprint density at radius 3 is 2.19 bits per heavy atom. The van der Waals surface area contributed by atoms with Gasteiger partial charge < -0.3 is 4.74 Å². The third kappa shape index (κ3) is 6.94. The summed E-state index contributed by atoms with van der Waals surface area (Å²) >= 11 is 5.81. The SMILES string of the molecule is O=C(N/N=C\c1ccc(OCc2ccccc2)cc1)c1ccc(NS(=O)(=O)c2ccc(Cl)cc2)cc1. The molecule has 0 unspecified atom stereocenters. The highest BCUT2D eigenvalue weighted by molar-refractivity contribution is 7.92. The first kappa shape index (κ1) is 25.0. The van der Waals surface area contributed by atoms with Crippen LogP contribution in [0.25, 0.3) is 0 Å². The van der Waals surface area contributed by atoms with Gasteiger partial charge in [0.1, 0.15) is 12.4 Å². The first-order valence-electron chi connectivity index (χ1n) is 10.9. The fraction of sp³-hybridized carbons (Fsp3) is 0.0370. The van der Waals surface area contributed by atoms with Crippen LogP contribution < -0.4 is 14.9 Å². The second kappa shape index (κ2) is 11.5. The molecule has 2 N–H and O–H groups in total. The molecule has 7 nitrogen and oxygen atoms in total. The van der Waals surface area contributed by atoms with Crippen molar-refractivity contribution in [1.82, 2.24) is 5.43 Å². The van der Waals surface area contributed by atoms with E-state index in [0.29, 0.717) is 22.9 Å². The molecule has 0 saturated carbocycles. The number of amides is 1. The molecule has 9 heteroatoms. The topological polar surface area (TPSA) is 96.9 Å². The molecular weight excluding hydrogens is 498 g/mol. The summed E-state index contributed by atoms with van der Waals surface area (Å²) in [4.78, 5) is 12.4. The summed E-state index contributed by atoms with van der Waals surface area (Å²) in [5.74, 6) is 0.299. The molecule has 0 fully saturated rings. The molecule has 1 amide bonds. The molecule has 0 atom stereocenters. The van der Waals surface area contributed by atoms with Crippen molar-refractivity contribution in [2.75, 3.05) is 4.72 Å². The highest BCUT2D eigenvalue weighted by Crippen LogP contribution is 2.19. The maximum atomic E-state index is 12.5. The summed E-state index contributed by atoms with van der Waals surface area (Å²) in [6.07, 6.45) is 1.52. The van der Waals surface area contributed by atoms with Crippen LogP contribution in [0.3, 0.4) is 0 Å². The fourth-order valence-corrected chi connectivity index (χ4v) is 4.32. The lowest BCUT2D eigenvalue weighted by Crippen LogP contribution is -2.18. The average Bonchev–Trinajstić information content (AvgIpc) is 2.89. The summed E-state index contributed by atoms with van der Waals surface area (Å²) in [5, 5.41) is 4.42. The molecular formula is C27H22ClN3O4S. The molecule has 0 aromatic heterocycles. The lowest BCUT2D eigenvalue weighted by molar-refractivity contribution is 0.0955. The van der Waals surface area contributed by atoms with E-state index in [0.717, 1.165) is 16.9 Å². The number of hydrogen-bond acceptors (Lipinski definition) is 5. The number of sulfonamides is 1.